The number of anilines is 1. The molecule has 3 aromatic carbocycles. The second kappa shape index (κ2) is 13.2. The van der Waals surface area contributed by atoms with E-state index in [1.807, 2.05) is 6.92 Å². The van der Waals surface area contributed by atoms with E-state index in [1.165, 1.54) is 74.6 Å². The van der Waals surface area contributed by atoms with Crippen LogP contribution < -0.4 is 19.1 Å². The quantitative estimate of drug-likeness (QED) is 0.343. The Kier molecular flexibility index (Phi) is 10.2. The molecule has 0 saturated carbocycles. The Morgan fingerprint density at radius 3 is 2.14 bits per heavy atom. The first kappa shape index (κ1) is 32.4. The minimum Gasteiger partial charge on any atom is -0.493 e. The number of hydrogen-bond acceptors (Lipinski definition) is 6. The van der Waals surface area contributed by atoms with Gasteiger partial charge in [-0.25, -0.2) is 12.8 Å². The van der Waals surface area contributed by atoms with E-state index in [1.54, 1.807) is 39.0 Å². The van der Waals surface area contributed by atoms with Crippen LogP contribution in [0, 0.1) is 12.7 Å². The van der Waals surface area contributed by atoms with Crippen LogP contribution in [0.15, 0.2) is 71.6 Å². The maximum Gasteiger partial charge on any atom is 0.264 e. The average molecular weight is 600 g/mol. The summed E-state index contributed by atoms with van der Waals surface area (Å²) >= 11 is 0. The van der Waals surface area contributed by atoms with Crippen molar-refractivity contribution in [1.29, 1.82) is 0 Å². The summed E-state index contributed by atoms with van der Waals surface area (Å²) in [6.45, 7) is 7.82. The lowest BCUT2D eigenvalue weighted by atomic mass is 10.1. The molecule has 0 aliphatic carbocycles. The van der Waals surface area contributed by atoms with Crippen molar-refractivity contribution in [2.24, 2.45) is 0 Å². The molecule has 2 amide bonds. The molecule has 0 spiro atoms. The number of methoxy groups -OCH3 is 2. The first-order valence-electron chi connectivity index (χ1n) is 13.3. The van der Waals surface area contributed by atoms with E-state index >= 15 is 0 Å². The molecule has 0 aromatic heterocycles. The van der Waals surface area contributed by atoms with Gasteiger partial charge >= 0.3 is 0 Å². The Labute approximate surface area is 247 Å². The first-order valence-corrected chi connectivity index (χ1v) is 14.8. The molecule has 0 bridgehead atoms. The fourth-order valence-corrected chi connectivity index (χ4v) is 5.62. The predicted octanol–water partition coefficient (Wildman–Crippen LogP) is 4.68. The minimum absolute atomic E-state index is 0.0325. The normalized spacial score (nSPS) is 12.3. The largest absolute Gasteiger partial charge is 0.493 e. The first-order chi connectivity index (χ1) is 19.7. The summed E-state index contributed by atoms with van der Waals surface area (Å²) in [4.78, 5) is 28.3. The van der Waals surface area contributed by atoms with E-state index in [0.29, 0.717) is 5.75 Å². The number of ether oxygens (including phenoxy) is 2. The molecule has 0 heterocycles. The highest BCUT2D eigenvalue weighted by molar-refractivity contribution is 7.92. The van der Waals surface area contributed by atoms with Crippen molar-refractivity contribution in [3.8, 4) is 11.5 Å². The van der Waals surface area contributed by atoms with Gasteiger partial charge in [-0.05, 0) is 65.0 Å². The fourth-order valence-electron chi connectivity index (χ4n) is 4.21. The molecule has 11 heteroatoms. The molecule has 9 nitrogen and oxygen atoms in total. The lowest BCUT2D eigenvalue weighted by Gasteiger charge is -2.33. The van der Waals surface area contributed by atoms with Gasteiger partial charge < -0.3 is 19.7 Å². The zero-order chi connectivity index (χ0) is 31.2. The molecule has 0 saturated heterocycles. The Morgan fingerprint density at radius 1 is 0.952 bits per heavy atom. The molecule has 226 valence electrons. The van der Waals surface area contributed by atoms with Crippen LogP contribution in [0.3, 0.4) is 0 Å². The number of carbonyl (C=O) groups excluding carboxylic acids is 2. The number of benzene rings is 3. The number of nitrogens with one attached hydrogen (secondary N) is 1. The topological polar surface area (TPSA) is 105 Å². The third-order valence-electron chi connectivity index (χ3n) is 6.51. The van der Waals surface area contributed by atoms with Gasteiger partial charge in [0.15, 0.2) is 11.5 Å². The third kappa shape index (κ3) is 7.79. The fraction of sp³-hybridized carbons (Fsp3) is 0.355. The highest BCUT2D eigenvalue weighted by Crippen LogP contribution is 2.34. The van der Waals surface area contributed by atoms with E-state index in [4.69, 9.17) is 9.47 Å². The lowest BCUT2D eigenvalue weighted by Crippen LogP contribution is -2.54. The Hall–Kier alpha value is -4.12. The van der Waals surface area contributed by atoms with Crippen molar-refractivity contribution in [2.45, 2.75) is 57.6 Å². The van der Waals surface area contributed by atoms with Crippen LogP contribution in [0.4, 0.5) is 10.1 Å². The zero-order valence-corrected chi connectivity index (χ0v) is 25.8. The molecule has 0 radical (unpaired) electrons. The Balaban J connectivity index is 2.11. The molecule has 0 fully saturated rings. The molecular weight excluding hydrogens is 561 g/mol. The summed E-state index contributed by atoms with van der Waals surface area (Å²) in [5, 5.41) is 2.84. The minimum atomic E-state index is -4.28. The van der Waals surface area contributed by atoms with Gasteiger partial charge in [0, 0.05) is 23.7 Å². The molecule has 0 aliphatic rings. The molecule has 3 rings (SSSR count). The van der Waals surface area contributed by atoms with Crippen LogP contribution in [-0.4, -0.2) is 57.5 Å². The van der Waals surface area contributed by atoms with Crippen molar-refractivity contribution >= 4 is 27.5 Å². The van der Waals surface area contributed by atoms with Crippen LogP contribution in [0.5, 0.6) is 11.5 Å². The third-order valence-corrected chi connectivity index (χ3v) is 8.30. The molecule has 1 N–H and O–H groups in total. The predicted molar refractivity (Wildman–Crippen MR) is 160 cm³/mol. The van der Waals surface area contributed by atoms with Crippen molar-refractivity contribution in [1.82, 2.24) is 10.2 Å². The Morgan fingerprint density at radius 2 is 1.57 bits per heavy atom. The summed E-state index contributed by atoms with van der Waals surface area (Å²) in [6, 6.07) is 15.6. The highest BCUT2D eigenvalue weighted by atomic mass is 32.2. The number of halogens is 1. The lowest BCUT2D eigenvalue weighted by molar-refractivity contribution is -0.140. The van der Waals surface area contributed by atoms with E-state index < -0.39 is 45.8 Å². The van der Waals surface area contributed by atoms with Crippen LogP contribution in [0.25, 0.3) is 0 Å². The molecule has 42 heavy (non-hydrogen) atoms. The maximum absolute atomic E-state index is 14.7. The van der Waals surface area contributed by atoms with Crippen molar-refractivity contribution in [3.05, 3.63) is 83.7 Å². The SMILES string of the molecule is COc1ccc(N(CC(=O)N(Cc2ccccc2F)C(C)C(=O)NC(C)(C)C)S(=O)(=O)c2ccc(C)cc2)cc1OC. The van der Waals surface area contributed by atoms with Crippen LogP contribution in [0.1, 0.15) is 38.8 Å². The van der Waals surface area contributed by atoms with Gasteiger partial charge in [0.2, 0.25) is 11.8 Å². The summed E-state index contributed by atoms with van der Waals surface area (Å²) in [5.74, 6) is -1.10. The number of rotatable bonds is 11. The molecule has 3 aromatic rings. The van der Waals surface area contributed by atoms with Gasteiger partial charge in [0.25, 0.3) is 10.0 Å². The van der Waals surface area contributed by atoms with Crippen LogP contribution >= 0.6 is 0 Å². The van der Waals surface area contributed by atoms with Crippen molar-refractivity contribution < 1.29 is 31.9 Å². The van der Waals surface area contributed by atoms with Crippen LogP contribution in [-0.2, 0) is 26.2 Å². The van der Waals surface area contributed by atoms with E-state index in [0.717, 1.165) is 9.87 Å². The molecule has 1 unspecified atom stereocenters. The smallest absolute Gasteiger partial charge is 0.264 e. The zero-order valence-electron chi connectivity index (χ0n) is 25.0. The molecule has 1 atom stereocenters. The van der Waals surface area contributed by atoms with Gasteiger partial charge in [-0.3, -0.25) is 13.9 Å². The van der Waals surface area contributed by atoms with Gasteiger partial charge in [0.05, 0.1) is 24.8 Å². The van der Waals surface area contributed by atoms with Gasteiger partial charge in [-0.15, -0.1) is 0 Å². The summed E-state index contributed by atoms with van der Waals surface area (Å²) < 4.78 is 54.3. The number of carbonyl (C=O) groups is 2. The molecular formula is C31H38FN3O6S. The van der Waals surface area contributed by atoms with E-state index in [2.05, 4.69) is 5.32 Å². The summed E-state index contributed by atoms with van der Waals surface area (Å²) in [7, 11) is -1.42. The number of hydrogen-bond donors (Lipinski definition) is 1. The maximum atomic E-state index is 14.7. The van der Waals surface area contributed by atoms with Crippen molar-refractivity contribution in [2.75, 3.05) is 25.1 Å². The number of aryl methyl sites for hydroxylation is 1. The average Bonchev–Trinajstić information content (AvgIpc) is 2.93. The van der Waals surface area contributed by atoms with E-state index in [9.17, 15) is 22.4 Å². The number of amides is 2. The number of nitrogens with zero attached hydrogens (tertiary/aromatic N) is 2. The van der Waals surface area contributed by atoms with Gasteiger partial charge in [0.1, 0.15) is 18.4 Å². The van der Waals surface area contributed by atoms with Gasteiger partial charge in [-0.2, -0.15) is 0 Å². The second-order valence-corrected chi connectivity index (χ2v) is 12.8. The number of sulfonamides is 1. The standard InChI is InChI=1S/C31H38FN3O6S/c1-21-12-15-25(16-13-21)42(38,39)35(24-14-17-27(40-6)28(18-24)41-7)20-29(36)34(19-23-10-8-9-11-26(23)32)22(2)30(37)33-31(3,4)5/h8-18,22H,19-20H2,1-7H3,(H,33,37). The van der Waals surface area contributed by atoms with E-state index in [-0.39, 0.29) is 28.4 Å². The second-order valence-electron chi connectivity index (χ2n) is 10.9. The van der Waals surface area contributed by atoms with Crippen molar-refractivity contribution in [3.63, 3.8) is 0 Å². The monoisotopic (exact) mass is 599 g/mol. The summed E-state index contributed by atoms with van der Waals surface area (Å²) in [6.07, 6.45) is 0. The van der Waals surface area contributed by atoms with Gasteiger partial charge in [-0.1, -0.05) is 35.9 Å². The highest BCUT2D eigenvalue weighted by Gasteiger charge is 2.34. The molecule has 0 aliphatic heterocycles. The Bertz CT molecular complexity index is 1520. The van der Waals surface area contributed by atoms with Crippen LogP contribution in [0.2, 0.25) is 0 Å². The summed E-state index contributed by atoms with van der Waals surface area (Å²) in [5.41, 5.74) is 0.579.